The van der Waals surface area contributed by atoms with E-state index in [4.69, 9.17) is 5.11 Å². The summed E-state index contributed by atoms with van der Waals surface area (Å²) in [4.78, 5) is 0. The topological polar surface area (TPSA) is 20.2 Å². The van der Waals surface area contributed by atoms with E-state index in [9.17, 15) is 0 Å². The normalized spacial score (nSPS) is 27.0. The average Bonchev–Trinajstić information content (AvgIpc) is 2.34. The van der Waals surface area contributed by atoms with Gasteiger partial charge in [-0.1, -0.05) is 0 Å². The molecule has 1 rings (SSSR count). The van der Waals surface area contributed by atoms with Gasteiger partial charge in [-0.05, 0) is 12.8 Å². The molecule has 1 aliphatic heterocycles. The zero-order valence-corrected chi connectivity index (χ0v) is 7.01. The number of aliphatic hydroxyl groups excluding tert-OH is 1. The minimum Gasteiger partial charge on any atom is -0.396 e. The third-order valence-corrected chi connectivity index (χ3v) is 4.31. The zero-order valence-electron chi connectivity index (χ0n) is 5.38. The third-order valence-electron chi connectivity index (χ3n) is 1.38. The van der Waals surface area contributed by atoms with Crippen molar-refractivity contribution in [2.45, 2.75) is 18.1 Å². The first kappa shape index (κ1) is 7.76. The first-order valence-electron chi connectivity index (χ1n) is 3.23. The number of aliphatic hydroxyl groups is 1. The molecule has 1 N–H and O–H groups in total. The molecule has 0 aromatic heterocycles. The highest BCUT2D eigenvalue weighted by Gasteiger charge is 2.14. The number of thioether (sulfide) groups is 2. The van der Waals surface area contributed by atoms with Crippen LogP contribution in [0.4, 0.5) is 0 Å². The van der Waals surface area contributed by atoms with Crippen molar-refractivity contribution in [2.75, 3.05) is 17.4 Å². The molecule has 0 aromatic carbocycles. The van der Waals surface area contributed by atoms with Gasteiger partial charge in [0.15, 0.2) is 0 Å². The van der Waals surface area contributed by atoms with Crippen molar-refractivity contribution in [3.63, 3.8) is 0 Å². The van der Waals surface area contributed by atoms with Crippen LogP contribution in [-0.4, -0.2) is 27.8 Å². The third kappa shape index (κ3) is 2.83. The highest BCUT2D eigenvalue weighted by Crippen LogP contribution is 2.31. The van der Waals surface area contributed by atoms with Gasteiger partial charge in [-0.15, -0.1) is 23.5 Å². The molecule has 9 heavy (non-hydrogen) atoms. The van der Waals surface area contributed by atoms with Gasteiger partial charge in [0.2, 0.25) is 0 Å². The van der Waals surface area contributed by atoms with E-state index in [0.717, 1.165) is 11.7 Å². The molecule has 0 aromatic rings. The monoisotopic (exact) mass is 164 g/mol. The Kier molecular flexibility index (Phi) is 3.86. The van der Waals surface area contributed by atoms with E-state index < -0.39 is 0 Å². The molecule has 0 aliphatic carbocycles. The molecule has 1 saturated heterocycles. The maximum absolute atomic E-state index is 8.51. The Morgan fingerprint density at radius 2 is 2.44 bits per heavy atom. The summed E-state index contributed by atoms with van der Waals surface area (Å²) < 4.78 is 0. The minimum atomic E-state index is 0.363. The lowest BCUT2D eigenvalue weighted by Gasteiger charge is -2.03. The Morgan fingerprint density at radius 3 is 3.00 bits per heavy atom. The molecule has 0 bridgehead atoms. The molecular weight excluding hydrogens is 152 g/mol. The largest absolute Gasteiger partial charge is 0.396 e. The van der Waals surface area contributed by atoms with Crippen LogP contribution < -0.4 is 0 Å². The fraction of sp³-hybridized carbons (Fsp3) is 1.00. The Labute approximate surface area is 64.6 Å². The summed E-state index contributed by atoms with van der Waals surface area (Å²) >= 11 is 4.05. The highest BCUT2D eigenvalue weighted by molar-refractivity contribution is 8.19. The fourth-order valence-electron chi connectivity index (χ4n) is 0.858. The molecule has 0 amide bonds. The van der Waals surface area contributed by atoms with Gasteiger partial charge < -0.3 is 5.11 Å². The van der Waals surface area contributed by atoms with Crippen molar-refractivity contribution in [2.24, 2.45) is 0 Å². The van der Waals surface area contributed by atoms with Gasteiger partial charge in [0, 0.05) is 22.7 Å². The summed E-state index contributed by atoms with van der Waals surface area (Å²) in [7, 11) is 0. The molecule has 1 unspecified atom stereocenters. The fourth-order valence-corrected chi connectivity index (χ4v) is 3.83. The SMILES string of the molecule is OCCCC1CSCS1. The molecule has 0 saturated carbocycles. The highest BCUT2D eigenvalue weighted by atomic mass is 32.2. The van der Waals surface area contributed by atoms with Crippen molar-refractivity contribution >= 4 is 23.5 Å². The van der Waals surface area contributed by atoms with E-state index in [-0.39, 0.29) is 0 Å². The van der Waals surface area contributed by atoms with Gasteiger partial charge in [-0.2, -0.15) is 0 Å². The van der Waals surface area contributed by atoms with Crippen LogP contribution in [0.3, 0.4) is 0 Å². The minimum absolute atomic E-state index is 0.363. The van der Waals surface area contributed by atoms with Gasteiger partial charge in [-0.25, -0.2) is 0 Å². The van der Waals surface area contributed by atoms with Crippen molar-refractivity contribution in [3.8, 4) is 0 Å². The van der Waals surface area contributed by atoms with Crippen molar-refractivity contribution < 1.29 is 5.11 Å². The Hall–Kier alpha value is 0.660. The molecule has 1 nitrogen and oxygen atoms in total. The lowest BCUT2D eigenvalue weighted by molar-refractivity contribution is 0.285. The van der Waals surface area contributed by atoms with Crippen LogP contribution in [0.2, 0.25) is 0 Å². The smallest absolute Gasteiger partial charge is 0.0431 e. The van der Waals surface area contributed by atoms with Crippen LogP contribution in [0.15, 0.2) is 0 Å². The summed E-state index contributed by atoms with van der Waals surface area (Å²) in [6.45, 7) is 0.363. The quantitative estimate of drug-likeness (QED) is 0.683. The summed E-state index contributed by atoms with van der Waals surface area (Å²) in [5.74, 6) is 1.30. The second-order valence-corrected chi connectivity index (χ2v) is 4.83. The molecule has 1 fully saturated rings. The van der Waals surface area contributed by atoms with E-state index in [1.807, 2.05) is 23.5 Å². The zero-order chi connectivity index (χ0) is 6.53. The molecule has 0 spiro atoms. The number of rotatable bonds is 3. The van der Waals surface area contributed by atoms with Crippen LogP contribution in [-0.2, 0) is 0 Å². The Bertz CT molecular complexity index is 71.5. The van der Waals surface area contributed by atoms with Crippen molar-refractivity contribution in [1.29, 1.82) is 0 Å². The van der Waals surface area contributed by atoms with Gasteiger partial charge >= 0.3 is 0 Å². The lowest BCUT2D eigenvalue weighted by atomic mass is 10.2. The van der Waals surface area contributed by atoms with Gasteiger partial charge in [0.25, 0.3) is 0 Å². The van der Waals surface area contributed by atoms with Gasteiger partial charge in [0.05, 0.1) is 0 Å². The summed E-state index contributed by atoms with van der Waals surface area (Å²) in [5, 5.41) is 10.6. The summed E-state index contributed by atoms with van der Waals surface area (Å²) in [6, 6.07) is 0. The number of hydrogen-bond acceptors (Lipinski definition) is 3. The molecule has 1 heterocycles. The summed E-state index contributed by atoms with van der Waals surface area (Å²) in [6.07, 6.45) is 2.19. The molecule has 1 atom stereocenters. The molecule has 1 aliphatic rings. The first-order chi connectivity index (χ1) is 4.43. The molecular formula is C6H12OS2. The van der Waals surface area contributed by atoms with Crippen LogP contribution in [0.1, 0.15) is 12.8 Å². The van der Waals surface area contributed by atoms with Gasteiger partial charge in [-0.3, -0.25) is 0 Å². The predicted molar refractivity (Wildman–Crippen MR) is 45.0 cm³/mol. The summed E-state index contributed by atoms with van der Waals surface area (Å²) in [5.41, 5.74) is 0. The van der Waals surface area contributed by atoms with E-state index in [1.165, 1.54) is 17.3 Å². The lowest BCUT2D eigenvalue weighted by Crippen LogP contribution is -2.01. The average molecular weight is 164 g/mol. The van der Waals surface area contributed by atoms with Crippen LogP contribution in [0.5, 0.6) is 0 Å². The molecule has 0 radical (unpaired) electrons. The van der Waals surface area contributed by atoms with Crippen molar-refractivity contribution in [3.05, 3.63) is 0 Å². The van der Waals surface area contributed by atoms with E-state index >= 15 is 0 Å². The first-order valence-corrected chi connectivity index (χ1v) is 5.44. The van der Waals surface area contributed by atoms with E-state index in [1.54, 1.807) is 0 Å². The Morgan fingerprint density at radius 1 is 1.56 bits per heavy atom. The van der Waals surface area contributed by atoms with Crippen molar-refractivity contribution in [1.82, 2.24) is 0 Å². The van der Waals surface area contributed by atoms with Gasteiger partial charge in [0.1, 0.15) is 0 Å². The Balaban J connectivity index is 1.98. The van der Waals surface area contributed by atoms with Crippen LogP contribution >= 0.6 is 23.5 Å². The van der Waals surface area contributed by atoms with Crippen LogP contribution in [0.25, 0.3) is 0 Å². The maximum Gasteiger partial charge on any atom is 0.0431 e. The van der Waals surface area contributed by atoms with E-state index in [2.05, 4.69) is 0 Å². The number of hydrogen-bond donors (Lipinski definition) is 1. The maximum atomic E-state index is 8.51. The molecule has 54 valence electrons. The van der Waals surface area contributed by atoms with E-state index in [0.29, 0.717) is 6.61 Å². The van der Waals surface area contributed by atoms with Crippen LogP contribution in [0, 0.1) is 0 Å². The molecule has 3 heteroatoms. The predicted octanol–water partition coefficient (Wildman–Crippen LogP) is 1.56. The second-order valence-electron chi connectivity index (χ2n) is 2.14. The second kappa shape index (κ2) is 4.47. The standard InChI is InChI=1S/C6H12OS2/c7-3-1-2-6-4-8-5-9-6/h6-7H,1-5H2.